The maximum atomic E-state index is 13.0. The summed E-state index contributed by atoms with van der Waals surface area (Å²) in [6, 6.07) is 9.31. The molecule has 0 saturated carbocycles. The Bertz CT molecular complexity index is 1520. The molecular weight excluding hydrogens is 600 g/mol. The molecule has 0 spiro atoms. The molecule has 0 aliphatic carbocycles. The van der Waals surface area contributed by atoms with Gasteiger partial charge in [0.15, 0.2) is 23.0 Å². The van der Waals surface area contributed by atoms with Crippen molar-refractivity contribution in [1.82, 2.24) is 10.2 Å². The van der Waals surface area contributed by atoms with Crippen LogP contribution in [0.3, 0.4) is 0 Å². The first kappa shape index (κ1) is 26.4. The van der Waals surface area contributed by atoms with Crippen LogP contribution in [-0.4, -0.2) is 43.8 Å². The Morgan fingerprint density at radius 1 is 1.15 bits per heavy atom. The molecule has 0 radical (unpaired) electrons. The summed E-state index contributed by atoms with van der Waals surface area (Å²) in [5, 5.41) is 2.75. The summed E-state index contributed by atoms with van der Waals surface area (Å²) in [6.07, 6.45) is 1.46. The number of carbonyl (C=O) groups excluding carboxylic acids is 3. The highest BCUT2D eigenvalue weighted by Crippen LogP contribution is 2.44. The minimum absolute atomic E-state index is 0.00703. The monoisotopic (exact) mass is 618 g/mol. The second kappa shape index (κ2) is 10.9. The van der Waals surface area contributed by atoms with E-state index in [-0.39, 0.29) is 47.9 Å². The Hall–Kier alpha value is -4.16. The minimum Gasteiger partial charge on any atom is -0.493 e. The molecule has 202 valence electrons. The summed E-state index contributed by atoms with van der Waals surface area (Å²) in [7, 11) is 2.68. The summed E-state index contributed by atoms with van der Waals surface area (Å²) in [5.41, 5.74) is 1.30. The van der Waals surface area contributed by atoms with Gasteiger partial charge in [0, 0.05) is 4.47 Å². The van der Waals surface area contributed by atoms with Crippen LogP contribution in [0.15, 0.2) is 51.0 Å². The van der Waals surface area contributed by atoms with Crippen molar-refractivity contribution in [3.05, 3.63) is 74.2 Å². The zero-order chi connectivity index (χ0) is 27.7. The fourth-order valence-electron chi connectivity index (χ4n) is 3.88. The number of halogens is 2. The number of hydrogen-bond acceptors (Lipinski definition) is 9. The number of hydrogen-bond donors (Lipinski definition) is 1. The molecule has 3 heterocycles. The molecule has 3 aromatic rings. The molecule has 2 aliphatic heterocycles. The van der Waals surface area contributed by atoms with E-state index in [4.69, 9.17) is 35.0 Å². The Morgan fingerprint density at radius 2 is 1.95 bits per heavy atom. The zero-order valence-electron chi connectivity index (χ0n) is 20.5. The number of ether oxygens (including phenoxy) is 5. The second-order valence-corrected chi connectivity index (χ2v) is 9.41. The number of nitrogens with zero attached hydrogens (tertiary/aromatic N) is 1. The van der Waals surface area contributed by atoms with Crippen LogP contribution >= 0.6 is 27.5 Å². The van der Waals surface area contributed by atoms with Crippen molar-refractivity contribution in [1.29, 1.82) is 0 Å². The molecular formula is C26H20BrClN2O9. The number of nitrogens with one attached hydrogen (secondary N) is 1. The normalized spacial score (nSPS) is 15.1. The number of carbonyl (C=O) groups is 3. The van der Waals surface area contributed by atoms with E-state index < -0.39 is 17.9 Å². The fourth-order valence-corrected chi connectivity index (χ4v) is 4.55. The highest BCUT2D eigenvalue weighted by Gasteiger charge is 2.35. The van der Waals surface area contributed by atoms with E-state index in [9.17, 15) is 14.4 Å². The molecule has 13 heteroatoms. The summed E-state index contributed by atoms with van der Waals surface area (Å²) < 4.78 is 32.6. The van der Waals surface area contributed by atoms with Gasteiger partial charge in [-0.3, -0.25) is 9.69 Å². The lowest BCUT2D eigenvalue weighted by atomic mass is 10.1. The highest BCUT2D eigenvalue weighted by molar-refractivity contribution is 9.10. The van der Waals surface area contributed by atoms with E-state index in [1.165, 1.54) is 32.4 Å². The van der Waals surface area contributed by atoms with Crippen LogP contribution in [0.25, 0.3) is 6.08 Å². The third kappa shape index (κ3) is 5.25. The predicted molar refractivity (Wildman–Crippen MR) is 140 cm³/mol. The molecule has 2 aliphatic rings. The van der Waals surface area contributed by atoms with Crippen LogP contribution < -0.4 is 24.3 Å². The molecule has 1 fully saturated rings. The van der Waals surface area contributed by atoms with E-state index in [1.807, 2.05) is 12.1 Å². The molecule has 1 N–H and O–H groups in total. The van der Waals surface area contributed by atoms with Crippen LogP contribution in [0.1, 0.15) is 27.4 Å². The molecule has 1 saturated heterocycles. The van der Waals surface area contributed by atoms with Gasteiger partial charge in [0.1, 0.15) is 23.1 Å². The summed E-state index contributed by atoms with van der Waals surface area (Å²) in [4.78, 5) is 38.1. The van der Waals surface area contributed by atoms with Gasteiger partial charge in [0.2, 0.25) is 12.6 Å². The Labute approximate surface area is 235 Å². The number of fused-ring (bicyclic) bond motifs is 1. The quantitative estimate of drug-likeness (QED) is 0.213. The molecule has 39 heavy (non-hydrogen) atoms. The number of imide groups is 1. The Balaban J connectivity index is 1.34. The van der Waals surface area contributed by atoms with Gasteiger partial charge in [-0.1, -0.05) is 17.7 Å². The number of benzene rings is 2. The zero-order valence-corrected chi connectivity index (χ0v) is 22.9. The number of esters is 1. The molecule has 11 nitrogen and oxygen atoms in total. The maximum Gasteiger partial charge on any atom is 0.373 e. The topological polar surface area (TPSA) is 126 Å². The molecule has 1 aromatic heterocycles. The van der Waals surface area contributed by atoms with Crippen molar-refractivity contribution in [2.75, 3.05) is 21.0 Å². The third-order valence-electron chi connectivity index (χ3n) is 5.82. The van der Waals surface area contributed by atoms with Crippen molar-refractivity contribution >= 4 is 51.5 Å². The molecule has 2 aromatic carbocycles. The molecule has 0 unspecified atom stereocenters. The highest BCUT2D eigenvalue weighted by atomic mass is 79.9. The van der Waals surface area contributed by atoms with Crippen molar-refractivity contribution in [2.45, 2.75) is 13.2 Å². The van der Waals surface area contributed by atoms with Crippen LogP contribution in [0.2, 0.25) is 5.02 Å². The van der Waals surface area contributed by atoms with Gasteiger partial charge in [0.05, 0.1) is 20.8 Å². The first-order chi connectivity index (χ1) is 18.8. The molecule has 0 atom stereocenters. The summed E-state index contributed by atoms with van der Waals surface area (Å²) >= 11 is 10.1. The van der Waals surface area contributed by atoms with Gasteiger partial charge < -0.3 is 33.4 Å². The standard InChI is InChI=1S/C26H20BrClN2O9/c1-34-20-9-14(21(27)22(28)23(20)36-11-13-3-5-17-19(7-13)38-12-37-17)8-16-24(31)30(26(33)29-16)10-15-4-6-18(39-15)25(32)35-2/h3-9H,10-12H2,1-2H3,(H,29,33)/b16-8-. The Kier molecular flexibility index (Phi) is 7.40. The lowest BCUT2D eigenvalue weighted by Gasteiger charge is -2.15. The van der Waals surface area contributed by atoms with Crippen molar-refractivity contribution in [3.63, 3.8) is 0 Å². The van der Waals surface area contributed by atoms with Gasteiger partial charge in [-0.2, -0.15) is 0 Å². The number of urea groups is 1. The summed E-state index contributed by atoms with van der Waals surface area (Å²) in [6.45, 7) is 0.160. The van der Waals surface area contributed by atoms with Crippen LogP contribution in [0.5, 0.6) is 23.0 Å². The smallest absolute Gasteiger partial charge is 0.373 e. The number of methoxy groups -OCH3 is 2. The largest absolute Gasteiger partial charge is 0.493 e. The predicted octanol–water partition coefficient (Wildman–Crippen LogP) is 4.89. The van der Waals surface area contributed by atoms with E-state index >= 15 is 0 Å². The van der Waals surface area contributed by atoms with Crippen molar-refractivity contribution < 1.29 is 42.5 Å². The molecule has 0 bridgehead atoms. The number of furan rings is 1. The van der Waals surface area contributed by atoms with Crippen LogP contribution in [0.4, 0.5) is 4.79 Å². The van der Waals surface area contributed by atoms with Gasteiger partial charge in [-0.15, -0.1) is 0 Å². The Morgan fingerprint density at radius 3 is 2.72 bits per heavy atom. The van der Waals surface area contributed by atoms with Gasteiger partial charge in [-0.05, 0) is 63.5 Å². The summed E-state index contributed by atoms with van der Waals surface area (Å²) in [5.74, 6) is 0.821. The SMILES string of the molecule is COC(=O)c1ccc(CN2C(=O)N/C(=C\c3cc(OC)c(OCc4ccc5c(c4)OCO5)c(Cl)c3Br)C2=O)o1. The second-order valence-electron chi connectivity index (χ2n) is 8.24. The van der Waals surface area contributed by atoms with Gasteiger partial charge in [-0.25, -0.2) is 9.59 Å². The average molecular weight is 620 g/mol. The first-order valence-corrected chi connectivity index (χ1v) is 12.5. The third-order valence-corrected chi connectivity index (χ3v) is 7.26. The van der Waals surface area contributed by atoms with E-state index in [0.29, 0.717) is 27.3 Å². The number of amides is 3. The van der Waals surface area contributed by atoms with Gasteiger partial charge in [0.25, 0.3) is 5.91 Å². The van der Waals surface area contributed by atoms with E-state index in [1.54, 1.807) is 12.1 Å². The number of rotatable bonds is 8. The average Bonchev–Trinajstić information content (AvgIpc) is 3.66. The van der Waals surface area contributed by atoms with Gasteiger partial charge >= 0.3 is 12.0 Å². The maximum absolute atomic E-state index is 13.0. The molecule has 3 amide bonds. The first-order valence-electron chi connectivity index (χ1n) is 11.4. The van der Waals surface area contributed by atoms with E-state index in [0.717, 1.165) is 10.5 Å². The van der Waals surface area contributed by atoms with Crippen LogP contribution in [-0.2, 0) is 22.7 Å². The molecule has 5 rings (SSSR count). The fraction of sp³-hybridized carbons (Fsp3) is 0.192. The van der Waals surface area contributed by atoms with Crippen LogP contribution in [0, 0.1) is 0 Å². The van der Waals surface area contributed by atoms with E-state index in [2.05, 4.69) is 26.0 Å². The minimum atomic E-state index is -0.668. The van der Waals surface area contributed by atoms with Crippen molar-refractivity contribution in [2.24, 2.45) is 0 Å². The lowest BCUT2D eigenvalue weighted by molar-refractivity contribution is -0.123. The lowest BCUT2D eigenvalue weighted by Crippen LogP contribution is -2.30. The van der Waals surface area contributed by atoms with Crippen molar-refractivity contribution in [3.8, 4) is 23.0 Å².